The number of halogens is 1. The molecule has 2 aliphatic heterocycles. The van der Waals surface area contributed by atoms with Gasteiger partial charge in [-0.3, -0.25) is 24.7 Å². The van der Waals surface area contributed by atoms with Gasteiger partial charge in [0.15, 0.2) is 0 Å². The third-order valence-corrected chi connectivity index (χ3v) is 4.80. The summed E-state index contributed by atoms with van der Waals surface area (Å²) >= 11 is 5.94. The number of carbonyl (C=O) groups is 3. The van der Waals surface area contributed by atoms with Crippen molar-refractivity contribution in [1.29, 1.82) is 0 Å². The van der Waals surface area contributed by atoms with Gasteiger partial charge in [-0.15, -0.1) is 0 Å². The van der Waals surface area contributed by atoms with Gasteiger partial charge in [-0.1, -0.05) is 23.7 Å². The fourth-order valence-electron chi connectivity index (χ4n) is 3.16. The molecule has 3 heterocycles. The molecule has 1 atom stereocenters. The lowest BCUT2D eigenvalue weighted by molar-refractivity contribution is -0.147. The quantitative estimate of drug-likeness (QED) is 0.818. The highest BCUT2D eigenvalue weighted by Gasteiger charge is 2.37. The minimum atomic E-state index is -0.494. The summed E-state index contributed by atoms with van der Waals surface area (Å²) < 4.78 is 5.47. The van der Waals surface area contributed by atoms with Crippen molar-refractivity contribution in [1.82, 2.24) is 15.3 Å². The van der Waals surface area contributed by atoms with Crippen LogP contribution in [0.15, 0.2) is 53.2 Å². The molecular weight excluding hydrogens is 370 g/mol. The highest BCUT2D eigenvalue weighted by atomic mass is 35.5. The number of furan rings is 1. The fourth-order valence-corrected chi connectivity index (χ4v) is 3.28. The number of amides is 3. The Hall–Kier alpha value is -3.06. The first-order valence-electron chi connectivity index (χ1n) is 8.46. The summed E-state index contributed by atoms with van der Waals surface area (Å²) in [6.07, 6.45) is 3.68. The van der Waals surface area contributed by atoms with Crippen LogP contribution in [0.1, 0.15) is 30.2 Å². The van der Waals surface area contributed by atoms with Crippen molar-refractivity contribution in [2.24, 2.45) is 0 Å². The first-order chi connectivity index (χ1) is 13.0. The number of hydrogen-bond acceptors (Lipinski definition) is 5. The molecule has 138 valence electrons. The molecule has 1 fully saturated rings. The summed E-state index contributed by atoms with van der Waals surface area (Å²) in [6.45, 7) is -0.302. The van der Waals surface area contributed by atoms with E-state index in [1.54, 1.807) is 24.3 Å². The average molecular weight is 386 g/mol. The lowest BCUT2D eigenvalue weighted by Crippen LogP contribution is -2.46. The first-order valence-corrected chi connectivity index (χ1v) is 8.84. The van der Waals surface area contributed by atoms with E-state index in [0.717, 1.165) is 10.5 Å². The van der Waals surface area contributed by atoms with Gasteiger partial charge in [-0.2, -0.15) is 0 Å². The molecule has 27 heavy (non-hydrogen) atoms. The Bertz CT molecular complexity index is 905. The molecule has 1 aromatic heterocycles. The molecule has 4 rings (SSSR count). The zero-order chi connectivity index (χ0) is 19.0. The lowest BCUT2D eigenvalue weighted by atomic mass is 10.1. The predicted molar refractivity (Wildman–Crippen MR) is 96.8 cm³/mol. The lowest BCUT2D eigenvalue weighted by Gasteiger charge is -2.25. The number of carbonyl (C=O) groups excluding carboxylic acids is 3. The maximum absolute atomic E-state index is 12.9. The van der Waals surface area contributed by atoms with Crippen molar-refractivity contribution in [2.45, 2.75) is 18.9 Å². The molecule has 0 aliphatic carbocycles. The average Bonchev–Trinajstić information content (AvgIpc) is 3.38. The maximum Gasteiger partial charge on any atom is 0.262 e. The molecule has 0 bridgehead atoms. The predicted octanol–water partition coefficient (Wildman–Crippen LogP) is 2.51. The Morgan fingerprint density at radius 3 is 2.48 bits per heavy atom. The molecule has 7 nitrogen and oxygen atoms in total. The van der Waals surface area contributed by atoms with Crippen LogP contribution < -0.4 is 5.43 Å². The second-order valence-electron chi connectivity index (χ2n) is 6.30. The van der Waals surface area contributed by atoms with E-state index in [1.807, 2.05) is 18.2 Å². The molecule has 8 heteroatoms. The SMILES string of the molecule is O=C1CCC(=O)N1CC(=O)N1NC(c2ccc(Cl)cc2)=C[C@H]1c1ccco1. The molecule has 0 unspecified atom stereocenters. The van der Waals surface area contributed by atoms with Crippen LogP contribution in [0, 0.1) is 0 Å². The minimum absolute atomic E-state index is 0.148. The van der Waals surface area contributed by atoms with Crippen molar-refractivity contribution in [3.05, 3.63) is 65.1 Å². The molecule has 0 radical (unpaired) electrons. The summed E-state index contributed by atoms with van der Waals surface area (Å²) in [5, 5.41) is 1.99. The van der Waals surface area contributed by atoms with E-state index < -0.39 is 11.9 Å². The molecule has 2 aromatic rings. The zero-order valence-corrected chi connectivity index (χ0v) is 15.0. The topological polar surface area (TPSA) is 82.9 Å². The van der Waals surface area contributed by atoms with Crippen LogP contribution in [0.3, 0.4) is 0 Å². The van der Waals surface area contributed by atoms with E-state index in [4.69, 9.17) is 16.0 Å². The van der Waals surface area contributed by atoms with Crippen LogP contribution in [-0.4, -0.2) is 34.2 Å². The summed E-state index contributed by atoms with van der Waals surface area (Å²) in [6, 6.07) is 10.2. The van der Waals surface area contributed by atoms with Gasteiger partial charge in [0.2, 0.25) is 11.8 Å². The third-order valence-electron chi connectivity index (χ3n) is 4.55. The van der Waals surface area contributed by atoms with E-state index in [-0.39, 0.29) is 31.2 Å². The summed E-state index contributed by atoms with van der Waals surface area (Å²) in [7, 11) is 0. The van der Waals surface area contributed by atoms with Gasteiger partial charge in [-0.05, 0) is 35.9 Å². The van der Waals surface area contributed by atoms with Crippen molar-refractivity contribution in [3.8, 4) is 0 Å². The monoisotopic (exact) mass is 385 g/mol. The van der Waals surface area contributed by atoms with Crippen LogP contribution >= 0.6 is 11.6 Å². The standard InChI is InChI=1S/C19H16ClN3O4/c20-13-5-3-12(4-6-13)14-10-15(16-2-1-9-27-16)23(21-14)19(26)11-22-17(24)7-8-18(22)25/h1-6,9-10,15,21H,7-8,11H2/t15-/m0/s1. The van der Waals surface area contributed by atoms with Crippen LogP contribution in [0.25, 0.3) is 5.70 Å². The molecule has 0 saturated carbocycles. The molecule has 1 aromatic carbocycles. The van der Waals surface area contributed by atoms with Crippen LogP contribution in [0.2, 0.25) is 5.02 Å². The molecule has 2 aliphatic rings. The Morgan fingerprint density at radius 2 is 1.85 bits per heavy atom. The van der Waals surface area contributed by atoms with Gasteiger partial charge < -0.3 is 4.42 Å². The number of likely N-dealkylation sites (tertiary alicyclic amines) is 1. The van der Waals surface area contributed by atoms with Crippen LogP contribution in [0.5, 0.6) is 0 Å². The van der Waals surface area contributed by atoms with E-state index in [2.05, 4.69) is 5.43 Å². The second-order valence-corrected chi connectivity index (χ2v) is 6.73. The number of nitrogens with one attached hydrogen (secondary N) is 1. The number of benzene rings is 1. The summed E-state index contributed by atoms with van der Waals surface area (Å²) in [5.41, 5.74) is 4.62. The number of imide groups is 1. The van der Waals surface area contributed by atoms with Crippen LogP contribution in [0.4, 0.5) is 0 Å². The number of rotatable bonds is 4. The molecule has 1 saturated heterocycles. The van der Waals surface area contributed by atoms with Crippen molar-refractivity contribution in [2.75, 3.05) is 6.54 Å². The highest BCUT2D eigenvalue weighted by molar-refractivity contribution is 6.30. The Labute approximate surface area is 160 Å². The van der Waals surface area contributed by atoms with Gasteiger partial charge in [0, 0.05) is 17.9 Å². The maximum atomic E-state index is 12.9. The van der Waals surface area contributed by atoms with Gasteiger partial charge >= 0.3 is 0 Å². The summed E-state index contributed by atoms with van der Waals surface area (Å²) in [4.78, 5) is 37.5. The third kappa shape index (κ3) is 3.33. The van der Waals surface area contributed by atoms with Crippen molar-refractivity contribution < 1.29 is 18.8 Å². The smallest absolute Gasteiger partial charge is 0.262 e. The van der Waals surface area contributed by atoms with Crippen LogP contribution in [-0.2, 0) is 14.4 Å². The fraction of sp³-hybridized carbons (Fsp3) is 0.211. The van der Waals surface area contributed by atoms with E-state index in [0.29, 0.717) is 16.5 Å². The van der Waals surface area contributed by atoms with Gasteiger partial charge in [-0.25, -0.2) is 5.01 Å². The summed E-state index contributed by atoms with van der Waals surface area (Å²) in [5.74, 6) is -0.486. The Balaban J connectivity index is 1.59. The molecular formula is C19H16ClN3O4. The Morgan fingerprint density at radius 1 is 1.15 bits per heavy atom. The highest BCUT2D eigenvalue weighted by Crippen LogP contribution is 2.32. The normalized spacial score (nSPS) is 19.4. The first kappa shape index (κ1) is 17.4. The largest absolute Gasteiger partial charge is 0.467 e. The number of hydrogen-bond donors (Lipinski definition) is 1. The molecule has 3 amide bonds. The van der Waals surface area contributed by atoms with Gasteiger partial charge in [0.1, 0.15) is 18.3 Å². The molecule has 1 N–H and O–H groups in total. The van der Waals surface area contributed by atoms with E-state index in [9.17, 15) is 14.4 Å². The van der Waals surface area contributed by atoms with E-state index >= 15 is 0 Å². The minimum Gasteiger partial charge on any atom is -0.467 e. The van der Waals surface area contributed by atoms with E-state index in [1.165, 1.54) is 11.3 Å². The number of nitrogens with zero attached hydrogens (tertiary/aromatic N) is 2. The number of hydrazine groups is 1. The van der Waals surface area contributed by atoms with Gasteiger partial charge in [0.05, 0.1) is 12.0 Å². The van der Waals surface area contributed by atoms with Crippen molar-refractivity contribution in [3.63, 3.8) is 0 Å². The zero-order valence-electron chi connectivity index (χ0n) is 14.2. The molecule has 0 spiro atoms. The second kappa shape index (κ2) is 6.92. The van der Waals surface area contributed by atoms with Crippen molar-refractivity contribution >= 4 is 35.0 Å². The van der Waals surface area contributed by atoms with Gasteiger partial charge in [0.25, 0.3) is 5.91 Å². The Kier molecular flexibility index (Phi) is 4.45.